The summed E-state index contributed by atoms with van der Waals surface area (Å²) in [6.45, 7) is 5.21. The second kappa shape index (κ2) is 7.26. The van der Waals surface area contributed by atoms with E-state index in [2.05, 4.69) is 46.7 Å². The number of hydrogen-bond acceptors (Lipinski definition) is 7. The van der Waals surface area contributed by atoms with Gasteiger partial charge < -0.3 is 4.90 Å². The molecule has 32 heavy (non-hydrogen) atoms. The minimum atomic E-state index is -0.220. The molecule has 1 spiro atoms. The van der Waals surface area contributed by atoms with Crippen LogP contribution in [0.3, 0.4) is 0 Å². The summed E-state index contributed by atoms with van der Waals surface area (Å²) >= 11 is 6.32. The Kier molecular flexibility index (Phi) is 4.46. The molecule has 0 radical (unpaired) electrons. The third-order valence-electron chi connectivity index (χ3n) is 7.14. The van der Waals surface area contributed by atoms with Crippen molar-refractivity contribution in [2.45, 2.75) is 44.8 Å². The van der Waals surface area contributed by atoms with Gasteiger partial charge in [-0.3, -0.25) is 14.5 Å². The van der Waals surface area contributed by atoms with Crippen LogP contribution in [0, 0.1) is 16.7 Å². The largest absolute Gasteiger partial charge is 0.354 e. The molecule has 1 saturated heterocycles. The molecule has 1 aromatic carbocycles. The molecule has 4 heterocycles. The van der Waals surface area contributed by atoms with E-state index in [1.54, 1.807) is 12.4 Å². The van der Waals surface area contributed by atoms with Crippen molar-refractivity contribution < 1.29 is 0 Å². The number of benzene rings is 1. The molecule has 1 atom stereocenters. The van der Waals surface area contributed by atoms with Crippen molar-refractivity contribution in [2.75, 3.05) is 18.0 Å². The van der Waals surface area contributed by atoms with Gasteiger partial charge in [-0.2, -0.15) is 5.26 Å². The van der Waals surface area contributed by atoms with E-state index in [-0.39, 0.29) is 6.04 Å². The maximum Gasteiger partial charge on any atom is 0.151 e. The molecule has 2 fully saturated rings. The number of fused-ring (bicyclic) bond motifs is 3. The lowest BCUT2D eigenvalue weighted by Gasteiger charge is -2.59. The maximum atomic E-state index is 9.49. The maximum absolute atomic E-state index is 9.49. The monoisotopic (exact) mass is 446 g/mol. The molecule has 6 rings (SSSR count). The van der Waals surface area contributed by atoms with Crippen molar-refractivity contribution in [1.82, 2.24) is 29.6 Å². The number of rotatable bonds is 3. The third-order valence-corrected chi connectivity index (χ3v) is 7.38. The summed E-state index contributed by atoms with van der Waals surface area (Å²) in [6.07, 6.45) is 7.48. The highest BCUT2D eigenvalue weighted by Crippen LogP contribution is 2.56. The van der Waals surface area contributed by atoms with Crippen LogP contribution in [-0.2, 0) is 13.1 Å². The van der Waals surface area contributed by atoms with Crippen molar-refractivity contribution in [1.29, 1.82) is 5.26 Å². The summed E-state index contributed by atoms with van der Waals surface area (Å²) in [5, 5.41) is 19.4. The third kappa shape index (κ3) is 3.07. The van der Waals surface area contributed by atoms with Gasteiger partial charge in [0.05, 0.1) is 30.5 Å². The van der Waals surface area contributed by atoms with Gasteiger partial charge in [-0.15, -0.1) is 10.2 Å². The first-order valence-electron chi connectivity index (χ1n) is 10.9. The molecular weight excluding hydrogens is 424 g/mol. The Morgan fingerprint density at radius 2 is 2.03 bits per heavy atom. The summed E-state index contributed by atoms with van der Waals surface area (Å²) in [6, 6.07) is 8.11. The zero-order chi connectivity index (χ0) is 21.9. The van der Waals surface area contributed by atoms with E-state index in [0.29, 0.717) is 29.4 Å². The lowest BCUT2D eigenvalue weighted by atomic mass is 9.57. The second-order valence-corrected chi connectivity index (χ2v) is 9.75. The number of hydrogen-bond donors (Lipinski definition) is 0. The Bertz CT molecular complexity index is 1200. The zero-order valence-corrected chi connectivity index (χ0v) is 18.6. The van der Waals surface area contributed by atoms with Gasteiger partial charge in [0.25, 0.3) is 0 Å². The first-order chi connectivity index (χ1) is 15.5. The number of nitrogens with zero attached hydrogens (tertiary/aromatic N) is 8. The highest BCUT2D eigenvalue weighted by molar-refractivity contribution is 6.30. The molecule has 162 valence electrons. The Morgan fingerprint density at radius 1 is 1.19 bits per heavy atom. The Morgan fingerprint density at radius 3 is 2.78 bits per heavy atom. The van der Waals surface area contributed by atoms with Gasteiger partial charge in [0.15, 0.2) is 5.82 Å². The van der Waals surface area contributed by atoms with Crippen molar-refractivity contribution in [3.05, 3.63) is 59.0 Å². The second-order valence-electron chi connectivity index (χ2n) is 9.32. The minimum absolute atomic E-state index is 0.220. The van der Waals surface area contributed by atoms with Crippen LogP contribution in [0.2, 0.25) is 5.02 Å². The average Bonchev–Trinajstić information content (AvgIpc) is 3.07. The van der Waals surface area contributed by atoms with E-state index in [1.807, 2.05) is 25.3 Å². The van der Waals surface area contributed by atoms with Crippen molar-refractivity contribution >= 4 is 17.4 Å². The zero-order valence-electron chi connectivity index (χ0n) is 17.8. The van der Waals surface area contributed by atoms with E-state index in [1.165, 1.54) is 0 Å². The normalized spacial score (nSPS) is 20.5. The first-order valence-corrected chi connectivity index (χ1v) is 11.3. The predicted octanol–water partition coefficient (Wildman–Crippen LogP) is 3.32. The topological polar surface area (TPSA) is 86.8 Å². The molecule has 1 saturated carbocycles. The van der Waals surface area contributed by atoms with Crippen LogP contribution in [0.4, 0.5) is 5.82 Å². The molecule has 1 unspecified atom stereocenters. The molecule has 0 N–H and O–H groups in total. The summed E-state index contributed by atoms with van der Waals surface area (Å²) in [5.74, 6) is 3.25. The van der Waals surface area contributed by atoms with Crippen molar-refractivity contribution in [3.63, 3.8) is 0 Å². The molecular formula is C23H23ClN8. The molecule has 2 aliphatic heterocycles. The minimum Gasteiger partial charge on any atom is -0.354 e. The number of aromatic nitrogens is 5. The Labute approximate surface area is 191 Å². The summed E-state index contributed by atoms with van der Waals surface area (Å²) in [5.41, 5.74) is 2.52. The van der Waals surface area contributed by atoms with Gasteiger partial charge in [-0.05, 0) is 43.5 Å². The number of anilines is 1. The van der Waals surface area contributed by atoms with Gasteiger partial charge >= 0.3 is 0 Å². The van der Waals surface area contributed by atoms with Crippen molar-refractivity contribution in [2.24, 2.45) is 5.41 Å². The van der Waals surface area contributed by atoms with E-state index >= 15 is 0 Å². The van der Waals surface area contributed by atoms with Gasteiger partial charge in [-0.25, -0.2) is 4.98 Å². The molecule has 9 heteroatoms. The van der Waals surface area contributed by atoms with Crippen LogP contribution < -0.4 is 4.90 Å². The summed E-state index contributed by atoms with van der Waals surface area (Å²) in [4.78, 5) is 13.0. The fourth-order valence-electron chi connectivity index (χ4n) is 5.48. The van der Waals surface area contributed by atoms with Gasteiger partial charge in [0.1, 0.15) is 11.6 Å². The lowest BCUT2D eigenvalue weighted by molar-refractivity contribution is 0.0581. The predicted molar refractivity (Wildman–Crippen MR) is 119 cm³/mol. The molecule has 0 bridgehead atoms. The first kappa shape index (κ1) is 19.6. The molecule has 3 aliphatic rings. The lowest BCUT2D eigenvalue weighted by Crippen LogP contribution is -2.62. The van der Waals surface area contributed by atoms with Crippen molar-refractivity contribution in [3.8, 4) is 11.8 Å². The fourth-order valence-corrected chi connectivity index (χ4v) is 5.67. The smallest absolute Gasteiger partial charge is 0.151 e. The Hall–Kier alpha value is -3.02. The molecule has 8 nitrogen and oxygen atoms in total. The van der Waals surface area contributed by atoms with Crippen LogP contribution in [0.15, 0.2) is 36.8 Å². The van der Waals surface area contributed by atoms with E-state index < -0.39 is 0 Å². The van der Waals surface area contributed by atoms with E-state index in [9.17, 15) is 5.26 Å². The standard InChI is InChI=1S/C23H23ClN8/c1-15(9-25)30-11-16-6-18(24)2-3-19(16)32-21(12-30)28-29-22(32)17-7-23(8-17)13-31(14-23)20-10-26-4-5-27-20/h2-6,10,15,17H,7-8,11-14H2,1H3. The van der Waals surface area contributed by atoms with Crippen LogP contribution in [0.5, 0.6) is 0 Å². The van der Waals surface area contributed by atoms with Crippen LogP contribution >= 0.6 is 11.6 Å². The molecule has 2 aromatic heterocycles. The molecule has 1 aliphatic carbocycles. The van der Waals surface area contributed by atoms with E-state index in [4.69, 9.17) is 11.6 Å². The highest BCUT2D eigenvalue weighted by atomic mass is 35.5. The van der Waals surface area contributed by atoms with Crippen LogP contribution in [-0.4, -0.2) is 48.8 Å². The SMILES string of the molecule is CC(C#N)N1Cc2cc(Cl)ccc2-n2c(nnc2C2CC3(C2)CN(c2cnccn2)C3)C1. The average molecular weight is 447 g/mol. The summed E-state index contributed by atoms with van der Waals surface area (Å²) < 4.78 is 2.21. The molecule has 3 aromatic rings. The van der Waals surface area contributed by atoms with Gasteiger partial charge in [-0.1, -0.05) is 11.6 Å². The van der Waals surface area contributed by atoms with Crippen LogP contribution in [0.25, 0.3) is 5.69 Å². The highest BCUT2D eigenvalue weighted by Gasteiger charge is 2.54. The number of halogens is 1. The Balaban J connectivity index is 1.27. The van der Waals surface area contributed by atoms with E-state index in [0.717, 1.165) is 54.6 Å². The molecule has 0 amide bonds. The fraction of sp³-hybridized carbons (Fsp3) is 0.435. The summed E-state index contributed by atoms with van der Waals surface area (Å²) in [7, 11) is 0. The van der Waals surface area contributed by atoms with Gasteiger partial charge in [0.2, 0.25) is 0 Å². The number of nitriles is 1. The van der Waals surface area contributed by atoms with Crippen LogP contribution in [0.1, 0.15) is 42.9 Å². The van der Waals surface area contributed by atoms with Gasteiger partial charge in [0, 0.05) is 48.4 Å². The quantitative estimate of drug-likeness (QED) is 0.609.